The van der Waals surface area contributed by atoms with Gasteiger partial charge in [0.2, 0.25) is 0 Å². The monoisotopic (exact) mass is 412 g/mol. The summed E-state index contributed by atoms with van der Waals surface area (Å²) in [4.78, 5) is 13.3. The summed E-state index contributed by atoms with van der Waals surface area (Å²) in [6.07, 6.45) is 10.8. The van der Waals surface area contributed by atoms with Gasteiger partial charge in [-0.15, -0.1) is 0 Å². The molecule has 4 aliphatic carbocycles. The van der Waals surface area contributed by atoms with Gasteiger partial charge in [-0.3, -0.25) is 10.2 Å². The molecule has 6 heteroatoms. The van der Waals surface area contributed by atoms with Crippen LogP contribution in [0.1, 0.15) is 91.4 Å². The van der Waals surface area contributed by atoms with Gasteiger partial charge >= 0.3 is 0 Å². The molecule has 2 aromatic rings. The predicted octanol–water partition coefficient (Wildman–Crippen LogP) is 5.19. The van der Waals surface area contributed by atoms with Crippen molar-refractivity contribution in [1.29, 1.82) is 0 Å². The minimum absolute atomic E-state index is 0.0606. The maximum atomic E-state index is 13.3. The van der Waals surface area contributed by atoms with E-state index < -0.39 is 0 Å². The number of halogens is 1. The maximum absolute atomic E-state index is 13.3. The lowest BCUT2D eigenvalue weighted by Gasteiger charge is -2.37. The number of nitrogens with one attached hydrogen (secondary N) is 1. The van der Waals surface area contributed by atoms with Crippen LogP contribution >= 0.6 is 11.6 Å². The molecule has 0 saturated heterocycles. The molecule has 0 aliphatic heterocycles. The lowest BCUT2D eigenvalue weighted by molar-refractivity contribution is 0.0703. The molecule has 1 aromatic carbocycles. The molecular weight excluding hydrogens is 384 g/mol. The number of hydrogen-bond donors (Lipinski definition) is 1. The number of aromatic nitrogens is 2. The molecule has 1 aromatic heterocycles. The van der Waals surface area contributed by atoms with Crippen LogP contribution in [0.4, 0.5) is 0 Å². The highest BCUT2D eigenvalue weighted by Crippen LogP contribution is 2.51. The van der Waals surface area contributed by atoms with Gasteiger partial charge in [0.25, 0.3) is 5.91 Å². The number of carbonyl (C=O) groups excluding carboxylic acids is 1. The van der Waals surface area contributed by atoms with Gasteiger partial charge in [0, 0.05) is 29.6 Å². The van der Waals surface area contributed by atoms with E-state index in [9.17, 15) is 4.79 Å². The fourth-order valence-electron chi connectivity index (χ4n) is 5.61. The van der Waals surface area contributed by atoms with E-state index in [0.29, 0.717) is 28.6 Å². The molecule has 154 valence electrons. The van der Waals surface area contributed by atoms with E-state index in [2.05, 4.69) is 5.43 Å². The lowest BCUT2D eigenvalue weighted by Crippen LogP contribution is -2.47. The molecule has 0 unspecified atom stereocenters. The van der Waals surface area contributed by atoms with Gasteiger partial charge in [0.1, 0.15) is 0 Å². The molecule has 1 N–H and O–H groups in total. The first-order valence-corrected chi connectivity index (χ1v) is 11.4. The topological polar surface area (TPSA) is 50.2 Å². The van der Waals surface area contributed by atoms with Crippen molar-refractivity contribution in [3.8, 4) is 5.69 Å². The van der Waals surface area contributed by atoms with Crippen molar-refractivity contribution in [3.05, 3.63) is 46.2 Å². The Morgan fingerprint density at radius 2 is 1.69 bits per heavy atom. The van der Waals surface area contributed by atoms with Crippen molar-refractivity contribution < 1.29 is 4.79 Å². The van der Waals surface area contributed by atoms with Crippen LogP contribution in [0.15, 0.2) is 24.3 Å². The van der Waals surface area contributed by atoms with E-state index in [1.165, 1.54) is 56.2 Å². The normalized spacial score (nSPS) is 24.0. The molecular formula is C23H29ClN4O. The Bertz CT molecular complexity index is 892. The number of benzene rings is 1. The minimum atomic E-state index is -0.0606. The van der Waals surface area contributed by atoms with Crippen LogP contribution in [0.5, 0.6) is 0 Å². The van der Waals surface area contributed by atoms with Gasteiger partial charge in [-0.05, 0) is 68.7 Å². The highest BCUT2D eigenvalue weighted by molar-refractivity contribution is 6.30. The third-order valence-corrected chi connectivity index (χ3v) is 7.42. The molecule has 1 heterocycles. The molecule has 6 rings (SSSR count). The second kappa shape index (κ2) is 7.77. The largest absolute Gasteiger partial charge is 0.286 e. The van der Waals surface area contributed by atoms with Crippen molar-refractivity contribution >= 4 is 17.5 Å². The smallest absolute Gasteiger partial charge is 0.283 e. The van der Waals surface area contributed by atoms with Crippen molar-refractivity contribution in [2.24, 2.45) is 0 Å². The Morgan fingerprint density at radius 1 is 1.03 bits per heavy atom. The zero-order valence-corrected chi connectivity index (χ0v) is 17.8. The minimum Gasteiger partial charge on any atom is -0.283 e. The molecule has 2 fully saturated rings. The molecule has 29 heavy (non-hydrogen) atoms. The molecule has 4 aliphatic rings. The Morgan fingerprint density at radius 3 is 2.38 bits per heavy atom. The van der Waals surface area contributed by atoms with Crippen molar-refractivity contribution in [3.63, 3.8) is 0 Å². The average molecular weight is 413 g/mol. The van der Waals surface area contributed by atoms with Gasteiger partial charge in [-0.1, -0.05) is 30.9 Å². The summed E-state index contributed by atoms with van der Waals surface area (Å²) in [6, 6.07) is 8.20. The molecule has 0 radical (unpaired) electrons. The van der Waals surface area contributed by atoms with Crippen LogP contribution in [0, 0.1) is 0 Å². The first kappa shape index (κ1) is 19.1. The zero-order valence-electron chi connectivity index (χ0n) is 17.0. The summed E-state index contributed by atoms with van der Waals surface area (Å²) in [7, 11) is 2.00. The van der Waals surface area contributed by atoms with Crippen LogP contribution in [0.2, 0.25) is 5.02 Å². The maximum Gasteiger partial charge on any atom is 0.286 e. The Balaban J connectivity index is 1.49. The van der Waals surface area contributed by atoms with Crippen LogP contribution in [0.3, 0.4) is 0 Å². The van der Waals surface area contributed by atoms with E-state index >= 15 is 0 Å². The third-order valence-electron chi connectivity index (χ3n) is 7.17. The van der Waals surface area contributed by atoms with E-state index in [0.717, 1.165) is 18.5 Å². The van der Waals surface area contributed by atoms with Crippen LogP contribution in [-0.2, 0) is 0 Å². The standard InChI is InChI=1S/C23H29ClN4O/c1-27(18-5-3-2-4-6-18)26-23(29)21-20-15-7-9-16(10-8-15)22(20)28(25-21)19-13-11-17(24)12-14-19/h11-16,18H,2-10H2,1H3,(H,26,29). The number of amides is 1. The van der Waals surface area contributed by atoms with Gasteiger partial charge in [0.15, 0.2) is 5.69 Å². The highest BCUT2D eigenvalue weighted by atomic mass is 35.5. The summed E-state index contributed by atoms with van der Waals surface area (Å²) < 4.78 is 2.01. The Labute approximate surface area is 177 Å². The number of nitrogens with zero attached hydrogens (tertiary/aromatic N) is 3. The first-order chi connectivity index (χ1) is 14.1. The van der Waals surface area contributed by atoms with E-state index in [-0.39, 0.29) is 5.91 Å². The molecule has 2 saturated carbocycles. The number of hydrogen-bond acceptors (Lipinski definition) is 3. The fraction of sp³-hybridized carbons (Fsp3) is 0.565. The fourth-order valence-corrected chi connectivity index (χ4v) is 5.74. The van der Waals surface area contributed by atoms with Gasteiger partial charge in [0.05, 0.1) is 11.4 Å². The van der Waals surface area contributed by atoms with Crippen molar-refractivity contribution in [2.45, 2.75) is 75.7 Å². The predicted molar refractivity (Wildman–Crippen MR) is 115 cm³/mol. The summed E-state index contributed by atoms with van der Waals surface area (Å²) in [6.45, 7) is 0. The second-order valence-electron chi connectivity index (χ2n) is 8.93. The number of rotatable bonds is 4. The van der Waals surface area contributed by atoms with Gasteiger partial charge in [-0.2, -0.15) is 5.10 Å². The average Bonchev–Trinajstić information content (AvgIpc) is 3.19. The van der Waals surface area contributed by atoms with Gasteiger partial charge < -0.3 is 0 Å². The SMILES string of the molecule is CN(NC(=O)c1nn(-c2ccc(Cl)cc2)c2c1C1CCC2CC1)C1CCCCC1. The van der Waals surface area contributed by atoms with Gasteiger partial charge in [-0.25, -0.2) is 9.69 Å². The van der Waals surface area contributed by atoms with E-state index in [1.807, 2.05) is 41.0 Å². The summed E-state index contributed by atoms with van der Waals surface area (Å²) in [5.41, 5.74) is 7.19. The van der Waals surface area contributed by atoms with Crippen LogP contribution in [0.25, 0.3) is 5.69 Å². The highest BCUT2D eigenvalue weighted by Gasteiger charge is 2.40. The number of carbonyl (C=O) groups is 1. The quantitative estimate of drug-likeness (QED) is 0.703. The first-order valence-electron chi connectivity index (χ1n) is 11.0. The number of fused-ring (bicyclic) bond motifs is 2. The zero-order chi connectivity index (χ0) is 20.0. The summed E-state index contributed by atoms with van der Waals surface area (Å²) in [5.74, 6) is 0.891. The van der Waals surface area contributed by atoms with Crippen LogP contribution < -0.4 is 5.43 Å². The second-order valence-corrected chi connectivity index (χ2v) is 9.36. The number of hydrazine groups is 1. The Hall–Kier alpha value is -1.85. The molecule has 5 nitrogen and oxygen atoms in total. The summed E-state index contributed by atoms with van der Waals surface area (Å²) in [5, 5.41) is 7.60. The van der Waals surface area contributed by atoms with E-state index in [4.69, 9.17) is 16.7 Å². The molecule has 2 bridgehead atoms. The van der Waals surface area contributed by atoms with Crippen molar-refractivity contribution in [1.82, 2.24) is 20.2 Å². The molecule has 1 amide bonds. The molecule has 0 atom stereocenters. The lowest BCUT2D eigenvalue weighted by atomic mass is 9.69. The van der Waals surface area contributed by atoms with Crippen LogP contribution in [-0.4, -0.2) is 33.8 Å². The molecule has 0 spiro atoms. The van der Waals surface area contributed by atoms with Crippen molar-refractivity contribution in [2.75, 3.05) is 7.05 Å². The summed E-state index contributed by atoms with van der Waals surface area (Å²) >= 11 is 6.09. The van der Waals surface area contributed by atoms with E-state index in [1.54, 1.807) is 0 Å². The third kappa shape index (κ3) is 3.49. The Kier molecular flexibility index (Phi) is 5.12.